The zero-order chi connectivity index (χ0) is 11.7. The third-order valence-electron chi connectivity index (χ3n) is 2.25. The molecule has 0 radical (unpaired) electrons. The SMILES string of the molecule is Cc1ccc2oc(NC(C)C(=O)O)nc2c1. The van der Waals surface area contributed by atoms with E-state index in [0.717, 1.165) is 11.1 Å². The fourth-order valence-electron chi connectivity index (χ4n) is 1.35. The zero-order valence-corrected chi connectivity index (χ0v) is 9.02. The third-order valence-corrected chi connectivity index (χ3v) is 2.25. The number of anilines is 1. The highest BCUT2D eigenvalue weighted by atomic mass is 16.4. The summed E-state index contributed by atoms with van der Waals surface area (Å²) in [4.78, 5) is 14.8. The van der Waals surface area contributed by atoms with Crippen molar-refractivity contribution in [1.82, 2.24) is 4.98 Å². The summed E-state index contributed by atoms with van der Waals surface area (Å²) >= 11 is 0. The van der Waals surface area contributed by atoms with Crippen LogP contribution in [0, 0.1) is 6.92 Å². The number of hydrogen-bond acceptors (Lipinski definition) is 4. The van der Waals surface area contributed by atoms with Gasteiger partial charge in [-0.3, -0.25) is 4.79 Å². The molecule has 2 rings (SSSR count). The summed E-state index contributed by atoms with van der Waals surface area (Å²) in [6, 6.07) is 5.12. The molecule has 0 bridgehead atoms. The van der Waals surface area contributed by atoms with Crippen LogP contribution in [0.25, 0.3) is 11.1 Å². The van der Waals surface area contributed by atoms with Gasteiger partial charge in [-0.15, -0.1) is 0 Å². The molecule has 0 fully saturated rings. The lowest BCUT2D eigenvalue weighted by atomic mass is 10.2. The topological polar surface area (TPSA) is 75.4 Å². The normalized spacial score (nSPS) is 12.6. The molecule has 0 aliphatic carbocycles. The Balaban J connectivity index is 2.29. The van der Waals surface area contributed by atoms with Crippen molar-refractivity contribution >= 4 is 23.1 Å². The molecule has 0 aliphatic rings. The van der Waals surface area contributed by atoms with Crippen LogP contribution in [0.1, 0.15) is 12.5 Å². The van der Waals surface area contributed by atoms with Crippen LogP contribution in [0.5, 0.6) is 0 Å². The molecule has 1 atom stereocenters. The van der Waals surface area contributed by atoms with Crippen molar-refractivity contribution in [3.05, 3.63) is 23.8 Å². The second-order valence-corrected chi connectivity index (χ2v) is 3.69. The van der Waals surface area contributed by atoms with Gasteiger partial charge in [-0.2, -0.15) is 4.98 Å². The van der Waals surface area contributed by atoms with E-state index in [-0.39, 0.29) is 6.01 Å². The summed E-state index contributed by atoms with van der Waals surface area (Å²) in [5.74, 6) is -0.946. The Hall–Kier alpha value is -2.04. The monoisotopic (exact) mass is 220 g/mol. The fraction of sp³-hybridized carbons (Fsp3) is 0.273. The van der Waals surface area contributed by atoms with E-state index in [1.807, 2.05) is 25.1 Å². The van der Waals surface area contributed by atoms with E-state index in [9.17, 15) is 4.79 Å². The molecule has 0 spiro atoms. The Morgan fingerprint density at radius 1 is 1.56 bits per heavy atom. The van der Waals surface area contributed by atoms with Crippen LogP contribution in [-0.2, 0) is 4.79 Å². The maximum Gasteiger partial charge on any atom is 0.325 e. The lowest BCUT2D eigenvalue weighted by Crippen LogP contribution is -2.25. The molecule has 1 aromatic carbocycles. The largest absolute Gasteiger partial charge is 0.480 e. The quantitative estimate of drug-likeness (QED) is 0.827. The Morgan fingerprint density at radius 3 is 3.00 bits per heavy atom. The summed E-state index contributed by atoms with van der Waals surface area (Å²) in [7, 11) is 0. The Labute approximate surface area is 92.1 Å². The predicted octanol–water partition coefficient (Wildman–Crippen LogP) is 2.02. The van der Waals surface area contributed by atoms with Gasteiger partial charge in [-0.25, -0.2) is 0 Å². The van der Waals surface area contributed by atoms with Crippen molar-refractivity contribution in [2.75, 3.05) is 5.32 Å². The van der Waals surface area contributed by atoms with Crippen LogP contribution < -0.4 is 5.32 Å². The molecule has 0 saturated heterocycles. The maximum atomic E-state index is 10.6. The standard InChI is InChI=1S/C11H12N2O3/c1-6-3-4-9-8(5-6)13-11(16-9)12-7(2)10(14)15/h3-5,7H,1-2H3,(H,12,13)(H,14,15). The van der Waals surface area contributed by atoms with E-state index in [1.54, 1.807) is 0 Å². The number of carboxylic acid groups (broad SMARTS) is 1. The smallest absolute Gasteiger partial charge is 0.325 e. The number of fused-ring (bicyclic) bond motifs is 1. The molecule has 5 heteroatoms. The Morgan fingerprint density at radius 2 is 2.31 bits per heavy atom. The molecule has 84 valence electrons. The molecule has 0 saturated carbocycles. The zero-order valence-electron chi connectivity index (χ0n) is 9.02. The van der Waals surface area contributed by atoms with Gasteiger partial charge in [0, 0.05) is 0 Å². The van der Waals surface area contributed by atoms with E-state index >= 15 is 0 Å². The minimum Gasteiger partial charge on any atom is -0.480 e. The summed E-state index contributed by atoms with van der Waals surface area (Å²) in [6.07, 6.45) is 0. The molecule has 5 nitrogen and oxygen atoms in total. The molecule has 16 heavy (non-hydrogen) atoms. The molecular formula is C11H12N2O3. The van der Waals surface area contributed by atoms with Gasteiger partial charge >= 0.3 is 5.97 Å². The predicted molar refractivity (Wildman–Crippen MR) is 59.5 cm³/mol. The van der Waals surface area contributed by atoms with Crippen molar-refractivity contribution in [2.24, 2.45) is 0 Å². The molecule has 0 aliphatic heterocycles. The molecule has 2 aromatic rings. The maximum absolute atomic E-state index is 10.6. The second-order valence-electron chi connectivity index (χ2n) is 3.69. The number of hydrogen-bond donors (Lipinski definition) is 2. The van der Waals surface area contributed by atoms with Crippen LogP contribution in [0.2, 0.25) is 0 Å². The lowest BCUT2D eigenvalue weighted by molar-refractivity contribution is -0.137. The number of aliphatic carboxylic acids is 1. The van der Waals surface area contributed by atoms with Crippen molar-refractivity contribution < 1.29 is 14.3 Å². The number of nitrogens with zero attached hydrogens (tertiary/aromatic N) is 1. The van der Waals surface area contributed by atoms with Crippen LogP contribution in [0.4, 0.5) is 6.01 Å². The second kappa shape index (κ2) is 3.84. The van der Waals surface area contributed by atoms with Crippen LogP contribution in [0.15, 0.2) is 22.6 Å². The number of aromatic nitrogens is 1. The van der Waals surface area contributed by atoms with Gasteiger partial charge in [0.15, 0.2) is 5.58 Å². The van der Waals surface area contributed by atoms with E-state index in [4.69, 9.17) is 9.52 Å². The Bertz CT molecular complexity index is 533. The minimum absolute atomic E-state index is 0.232. The molecule has 1 aromatic heterocycles. The number of carbonyl (C=O) groups is 1. The van der Waals surface area contributed by atoms with Crippen molar-refractivity contribution in [1.29, 1.82) is 0 Å². The first-order chi connectivity index (χ1) is 7.56. The number of aryl methyl sites for hydroxylation is 1. The number of benzene rings is 1. The molecule has 0 amide bonds. The van der Waals surface area contributed by atoms with Gasteiger partial charge in [0.05, 0.1) is 0 Å². The number of oxazole rings is 1. The van der Waals surface area contributed by atoms with Gasteiger partial charge < -0.3 is 14.8 Å². The summed E-state index contributed by atoms with van der Waals surface area (Å²) in [5, 5.41) is 11.4. The number of nitrogens with one attached hydrogen (secondary N) is 1. The molecule has 1 heterocycles. The summed E-state index contributed by atoms with van der Waals surface area (Å²) in [5.41, 5.74) is 2.45. The highest BCUT2D eigenvalue weighted by Crippen LogP contribution is 2.20. The lowest BCUT2D eigenvalue weighted by Gasteiger charge is -2.04. The first kappa shape index (κ1) is 10.5. The van der Waals surface area contributed by atoms with Crippen LogP contribution >= 0.6 is 0 Å². The third kappa shape index (κ3) is 1.98. The molecule has 1 unspecified atom stereocenters. The van der Waals surface area contributed by atoms with E-state index in [2.05, 4.69) is 10.3 Å². The highest BCUT2D eigenvalue weighted by Gasteiger charge is 2.13. The van der Waals surface area contributed by atoms with E-state index in [1.165, 1.54) is 6.92 Å². The average molecular weight is 220 g/mol. The average Bonchev–Trinajstić information content (AvgIpc) is 2.58. The van der Waals surface area contributed by atoms with Gasteiger partial charge in [0.1, 0.15) is 11.6 Å². The van der Waals surface area contributed by atoms with Gasteiger partial charge in [0.25, 0.3) is 6.01 Å². The number of rotatable bonds is 3. The highest BCUT2D eigenvalue weighted by molar-refractivity contribution is 5.78. The van der Waals surface area contributed by atoms with Gasteiger partial charge in [0.2, 0.25) is 0 Å². The van der Waals surface area contributed by atoms with Gasteiger partial charge in [-0.1, -0.05) is 6.07 Å². The first-order valence-corrected chi connectivity index (χ1v) is 4.93. The van der Waals surface area contributed by atoms with Crippen molar-refractivity contribution in [2.45, 2.75) is 19.9 Å². The fourth-order valence-corrected chi connectivity index (χ4v) is 1.35. The summed E-state index contributed by atoms with van der Waals surface area (Å²) < 4.78 is 5.36. The van der Waals surface area contributed by atoms with Crippen LogP contribution in [0.3, 0.4) is 0 Å². The molecule has 2 N–H and O–H groups in total. The van der Waals surface area contributed by atoms with E-state index < -0.39 is 12.0 Å². The van der Waals surface area contributed by atoms with Crippen molar-refractivity contribution in [3.8, 4) is 0 Å². The molecular weight excluding hydrogens is 208 g/mol. The Kier molecular flexibility index (Phi) is 2.52. The number of carboxylic acids is 1. The first-order valence-electron chi connectivity index (χ1n) is 4.93. The van der Waals surface area contributed by atoms with Crippen LogP contribution in [-0.4, -0.2) is 22.1 Å². The minimum atomic E-state index is -0.946. The van der Waals surface area contributed by atoms with Gasteiger partial charge in [-0.05, 0) is 31.5 Å². The summed E-state index contributed by atoms with van der Waals surface area (Å²) in [6.45, 7) is 3.49. The van der Waals surface area contributed by atoms with E-state index in [0.29, 0.717) is 5.58 Å². The van der Waals surface area contributed by atoms with Crippen molar-refractivity contribution in [3.63, 3.8) is 0 Å².